The van der Waals surface area contributed by atoms with Crippen LogP contribution in [0, 0.1) is 0 Å². The Hall–Kier alpha value is -0.570. The molecule has 1 unspecified atom stereocenters. The normalized spacial score (nSPS) is 12.7. The van der Waals surface area contributed by atoms with E-state index in [0.29, 0.717) is 0 Å². The van der Waals surface area contributed by atoms with E-state index in [9.17, 15) is 4.79 Å². The lowest BCUT2D eigenvalue weighted by Crippen LogP contribution is -2.31. The van der Waals surface area contributed by atoms with Crippen LogP contribution in [0.4, 0.5) is 0 Å². The molecule has 0 saturated heterocycles. The largest absolute Gasteiger partial charge is 0.481 e. The van der Waals surface area contributed by atoms with Gasteiger partial charge in [-0.3, -0.25) is 4.79 Å². The van der Waals surface area contributed by atoms with E-state index >= 15 is 0 Å². The Morgan fingerprint density at radius 1 is 1.20 bits per heavy atom. The number of carboxylic acids is 1. The van der Waals surface area contributed by atoms with Gasteiger partial charge in [-0.1, -0.05) is 46.0 Å². The van der Waals surface area contributed by atoms with Crippen LogP contribution in [-0.4, -0.2) is 23.7 Å². The average Bonchev–Trinajstić information content (AvgIpc) is 2.17. The van der Waals surface area contributed by atoms with Crippen LogP contribution in [0.5, 0.6) is 0 Å². The predicted molar refractivity (Wildman–Crippen MR) is 63.1 cm³/mol. The number of unbranched alkanes of at least 4 members (excludes halogenated alkanes) is 4. The highest BCUT2D eigenvalue weighted by atomic mass is 16.4. The molecule has 0 aromatic carbocycles. The van der Waals surface area contributed by atoms with Gasteiger partial charge in [0.25, 0.3) is 0 Å². The summed E-state index contributed by atoms with van der Waals surface area (Å²) in [7, 11) is 0. The lowest BCUT2D eigenvalue weighted by Gasteiger charge is -2.15. The molecule has 0 saturated carbocycles. The summed E-state index contributed by atoms with van der Waals surface area (Å²) in [6.45, 7) is 5.07. The van der Waals surface area contributed by atoms with Crippen LogP contribution in [-0.2, 0) is 4.79 Å². The van der Waals surface area contributed by atoms with Gasteiger partial charge in [-0.2, -0.15) is 0 Å². The summed E-state index contributed by atoms with van der Waals surface area (Å²) in [5.74, 6) is -0.700. The molecular formula is C12H25NO2. The monoisotopic (exact) mass is 215 g/mol. The van der Waals surface area contributed by atoms with Gasteiger partial charge in [0, 0.05) is 6.04 Å². The van der Waals surface area contributed by atoms with Crippen LogP contribution in [0.2, 0.25) is 0 Å². The van der Waals surface area contributed by atoms with Gasteiger partial charge in [-0.05, 0) is 13.0 Å². The Bertz CT molecular complexity index is 160. The minimum atomic E-state index is -0.700. The lowest BCUT2D eigenvalue weighted by atomic mass is 10.0. The number of rotatable bonds is 10. The van der Waals surface area contributed by atoms with Crippen molar-refractivity contribution in [3.8, 4) is 0 Å². The summed E-state index contributed by atoms with van der Waals surface area (Å²) < 4.78 is 0. The Morgan fingerprint density at radius 3 is 2.40 bits per heavy atom. The molecule has 0 amide bonds. The molecule has 2 N–H and O–H groups in total. The van der Waals surface area contributed by atoms with Crippen molar-refractivity contribution in [2.75, 3.05) is 6.54 Å². The average molecular weight is 215 g/mol. The van der Waals surface area contributed by atoms with Gasteiger partial charge in [-0.25, -0.2) is 0 Å². The van der Waals surface area contributed by atoms with Crippen LogP contribution in [0.15, 0.2) is 0 Å². The molecule has 90 valence electrons. The molecular weight excluding hydrogens is 190 g/mol. The number of hydrogen-bond acceptors (Lipinski definition) is 2. The summed E-state index contributed by atoms with van der Waals surface area (Å²) in [5, 5.41) is 11.9. The highest BCUT2D eigenvalue weighted by Crippen LogP contribution is 2.09. The Morgan fingerprint density at radius 2 is 1.87 bits per heavy atom. The van der Waals surface area contributed by atoms with Crippen molar-refractivity contribution in [1.29, 1.82) is 0 Å². The first-order chi connectivity index (χ1) is 7.20. The SMILES string of the molecule is CCCCCCCC(CC(=O)O)NCC. The van der Waals surface area contributed by atoms with Crippen molar-refractivity contribution < 1.29 is 9.90 Å². The minimum absolute atomic E-state index is 0.161. The smallest absolute Gasteiger partial charge is 0.304 e. The van der Waals surface area contributed by atoms with E-state index in [0.717, 1.165) is 19.4 Å². The summed E-state index contributed by atoms with van der Waals surface area (Å²) in [5.41, 5.74) is 0. The van der Waals surface area contributed by atoms with E-state index in [2.05, 4.69) is 12.2 Å². The second-order valence-electron chi connectivity index (χ2n) is 4.06. The van der Waals surface area contributed by atoms with Crippen molar-refractivity contribution in [2.45, 2.75) is 64.8 Å². The van der Waals surface area contributed by atoms with Crippen molar-refractivity contribution in [1.82, 2.24) is 5.32 Å². The molecule has 0 aliphatic heterocycles. The molecule has 3 heteroatoms. The molecule has 0 spiro atoms. The van der Waals surface area contributed by atoms with E-state index in [1.807, 2.05) is 6.92 Å². The van der Waals surface area contributed by atoms with E-state index in [1.165, 1.54) is 25.7 Å². The summed E-state index contributed by atoms with van der Waals surface area (Å²) >= 11 is 0. The first kappa shape index (κ1) is 14.4. The number of nitrogens with one attached hydrogen (secondary N) is 1. The fourth-order valence-corrected chi connectivity index (χ4v) is 1.77. The zero-order valence-electron chi connectivity index (χ0n) is 10.1. The van der Waals surface area contributed by atoms with Crippen molar-refractivity contribution in [3.05, 3.63) is 0 Å². The standard InChI is InChI=1S/C12H25NO2/c1-3-5-6-7-8-9-11(13-4-2)10-12(14)15/h11,13H,3-10H2,1-2H3,(H,14,15). The van der Waals surface area contributed by atoms with E-state index in [-0.39, 0.29) is 12.5 Å². The van der Waals surface area contributed by atoms with Gasteiger partial charge in [0.15, 0.2) is 0 Å². The van der Waals surface area contributed by atoms with Gasteiger partial charge in [0.1, 0.15) is 0 Å². The highest BCUT2D eigenvalue weighted by molar-refractivity contribution is 5.67. The summed E-state index contributed by atoms with van der Waals surface area (Å²) in [6.07, 6.45) is 7.45. The minimum Gasteiger partial charge on any atom is -0.481 e. The second kappa shape index (κ2) is 9.97. The topological polar surface area (TPSA) is 49.3 Å². The van der Waals surface area contributed by atoms with E-state index in [1.54, 1.807) is 0 Å². The molecule has 0 aliphatic rings. The van der Waals surface area contributed by atoms with Crippen LogP contribution in [0.3, 0.4) is 0 Å². The van der Waals surface area contributed by atoms with Crippen LogP contribution < -0.4 is 5.32 Å². The lowest BCUT2D eigenvalue weighted by molar-refractivity contribution is -0.137. The first-order valence-corrected chi connectivity index (χ1v) is 6.15. The molecule has 0 bridgehead atoms. The van der Waals surface area contributed by atoms with Gasteiger partial charge in [-0.15, -0.1) is 0 Å². The predicted octanol–water partition coefficient (Wildman–Crippen LogP) is 2.80. The Labute approximate surface area is 93.3 Å². The number of carboxylic acid groups (broad SMARTS) is 1. The molecule has 0 heterocycles. The van der Waals surface area contributed by atoms with Crippen LogP contribution in [0.25, 0.3) is 0 Å². The molecule has 0 aliphatic carbocycles. The number of aliphatic carboxylic acids is 1. The van der Waals surface area contributed by atoms with Gasteiger partial charge in [0.05, 0.1) is 6.42 Å². The summed E-state index contributed by atoms with van der Waals surface area (Å²) in [6, 6.07) is 0.161. The van der Waals surface area contributed by atoms with E-state index < -0.39 is 5.97 Å². The zero-order chi connectivity index (χ0) is 11.5. The fraction of sp³-hybridized carbons (Fsp3) is 0.917. The van der Waals surface area contributed by atoms with Gasteiger partial charge < -0.3 is 10.4 Å². The Kier molecular flexibility index (Phi) is 9.59. The van der Waals surface area contributed by atoms with Crippen LogP contribution in [0.1, 0.15) is 58.8 Å². The zero-order valence-corrected chi connectivity index (χ0v) is 10.1. The molecule has 0 aromatic rings. The van der Waals surface area contributed by atoms with Crippen LogP contribution >= 0.6 is 0 Å². The molecule has 3 nitrogen and oxygen atoms in total. The molecule has 0 rings (SSSR count). The highest BCUT2D eigenvalue weighted by Gasteiger charge is 2.10. The van der Waals surface area contributed by atoms with E-state index in [4.69, 9.17) is 5.11 Å². The fourth-order valence-electron chi connectivity index (χ4n) is 1.77. The number of carbonyl (C=O) groups is 1. The Balaban J connectivity index is 3.52. The van der Waals surface area contributed by atoms with Crippen molar-refractivity contribution in [2.24, 2.45) is 0 Å². The maximum Gasteiger partial charge on any atom is 0.304 e. The number of hydrogen-bond donors (Lipinski definition) is 2. The molecule has 0 fully saturated rings. The van der Waals surface area contributed by atoms with Crippen molar-refractivity contribution in [3.63, 3.8) is 0 Å². The van der Waals surface area contributed by atoms with Gasteiger partial charge in [0.2, 0.25) is 0 Å². The van der Waals surface area contributed by atoms with Crippen molar-refractivity contribution >= 4 is 5.97 Å². The third-order valence-electron chi connectivity index (χ3n) is 2.57. The summed E-state index contributed by atoms with van der Waals surface area (Å²) in [4.78, 5) is 10.6. The molecule has 15 heavy (non-hydrogen) atoms. The molecule has 0 aromatic heterocycles. The molecule has 1 atom stereocenters. The third-order valence-corrected chi connectivity index (χ3v) is 2.57. The third kappa shape index (κ3) is 9.73. The maximum atomic E-state index is 10.6. The molecule has 0 radical (unpaired) electrons. The van der Waals surface area contributed by atoms with Gasteiger partial charge >= 0.3 is 5.97 Å². The maximum absolute atomic E-state index is 10.6. The first-order valence-electron chi connectivity index (χ1n) is 6.15. The quantitative estimate of drug-likeness (QED) is 0.551. The second-order valence-corrected chi connectivity index (χ2v) is 4.06.